The maximum atomic E-state index is 12.8. The number of halogens is 4. The smallest absolute Gasteiger partial charge is 0.205 e. The molecular formula is C9H4BrF2IS. The third kappa shape index (κ3) is 1.69. The molecule has 0 fully saturated rings. The van der Waals surface area contributed by atoms with Gasteiger partial charge >= 0.3 is 0 Å². The lowest BCUT2D eigenvalue weighted by Crippen LogP contribution is -1.90. The third-order valence-electron chi connectivity index (χ3n) is 1.90. The second-order valence-corrected chi connectivity index (χ2v) is 5.65. The second kappa shape index (κ2) is 4.02. The fraction of sp³-hybridized carbons (Fsp3) is 0.111. The van der Waals surface area contributed by atoms with Gasteiger partial charge in [0.2, 0.25) is 0 Å². The molecule has 0 spiro atoms. The Kier molecular flexibility index (Phi) is 3.09. The zero-order valence-corrected chi connectivity index (χ0v) is 11.3. The van der Waals surface area contributed by atoms with Crippen molar-refractivity contribution in [1.82, 2.24) is 0 Å². The standard InChI is InChI=1S/C9H4BrF2IS/c10-5-3-6(13)7(9(11)12)4-1-2-14-8(4)5/h1-3,9H. The number of hydrogen-bond acceptors (Lipinski definition) is 1. The second-order valence-electron chi connectivity index (χ2n) is 2.72. The van der Waals surface area contributed by atoms with Gasteiger partial charge < -0.3 is 0 Å². The molecule has 0 amide bonds. The van der Waals surface area contributed by atoms with Gasteiger partial charge in [-0.3, -0.25) is 0 Å². The first-order valence-corrected chi connectivity index (χ1v) is 6.49. The van der Waals surface area contributed by atoms with Gasteiger partial charge in [-0.25, -0.2) is 8.78 Å². The zero-order valence-electron chi connectivity index (χ0n) is 6.73. The first kappa shape index (κ1) is 10.8. The molecule has 0 radical (unpaired) electrons. The van der Waals surface area contributed by atoms with E-state index in [4.69, 9.17) is 0 Å². The van der Waals surface area contributed by atoms with E-state index < -0.39 is 6.43 Å². The Morgan fingerprint density at radius 1 is 1.43 bits per heavy atom. The summed E-state index contributed by atoms with van der Waals surface area (Å²) in [5.74, 6) is 0. The minimum Gasteiger partial charge on any atom is -0.205 e. The summed E-state index contributed by atoms with van der Waals surface area (Å²) in [4.78, 5) is 0. The molecule has 0 saturated heterocycles. The van der Waals surface area contributed by atoms with Crippen molar-refractivity contribution in [2.45, 2.75) is 6.43 Å². The van der Waals surface area contributed by atoms with Crippen LogP contribution >= 0.6 is 49.9 Å². The molecule has 5 heteroatoms. The van der Waals surface area contributed by atoms with Gasteiger partial charge in [0.15, 0.2) is 0 Å². The van der Waals surface area contributed by atoms with Crippen LogP contribution in [0.3, 0.4) is 0 Å². The van der Waals surface area contributed by atoms with Crippen molar-refractivity contribution in [3.05, 3.63) is 31.1 Å². The van der Waals surface area contributed by atoms with Crippen LogP contribution in [0, 0.1) is 3.57 Å². The SMILES string of the molecule is FC(F)c1c(I)cc(Br)c2sccc12. The summed E-state index contributed by atoms with van der Waals surface area (Å²) >= 11 is 6.78. The van der Waals surface area contributed by atoms with Crippen molar-refractivity contribution in [2.24, 2.45) is 0 Å². The maximum absolute atomic E-state index is 12.8. The van der Waals surface area contributed by atoms with E-state index in [1.165, 1.54) is 11.3 Å². The fourth-order valence-electron chi connectivity index (χ4n) is 1.31. The Bertz CT molecular complexity index is 481. The highest BCUT2D eigenvalue weighted by atomic mass is 127. The lowest BCUT2D eigenvalue weighted by Gasteiger charge is -2.06. The fourth-order valence-corrected chi connectivity index (χ4v) is 4.12. The van der Waals surface area contributed by atoms with Crippen LogP contribution in [0.25, 0.3) is 10.1 Å². The summed E-state index contributed by atoms with van der Waals surface area (Å²) in [7, 11) is 0. The quantitative estimate of drug-likeness (QED) is 0.588. The highest BCUT2D eigenvalue weighted by Gasteiger charge is 2.17. The van der Waals surface area contributed by atoms with Gasteiger partial charge in [0.1, 0.15) is 0 Å². The van der Waals surface area contributed by atoms with Gasteiger partial charge in [-0.05, 0) is 56.0 Å². The first-order valence-electron chi connectivity index (χ1n) is 3.74. The Morgan fingerprint density at radius 2 is 2.14 bits per heavy atom. The Morgan fingerprint density at radius 3 is 2.79 bits per heavy atom. The maximum Gasteiger partial charge on any atom is 0.265 e. The van der Waals surface area contributed by atoms with E-state index in [-0.39, 0.29) is 5.56 Å². The number of thiophene rings is 1. The van der Waals surface area contributed by atoms with Crippen LogP contribution in [0.4, 0.5) is 8.78 Å². The number of hydrogen-bond donors (Lipinski definition) is 0. The molecule has 0 aliphatic rings. The summed E-state index contributed by atoms with van der Waals surface area (Å²) in [5.41, 5.74) is 0.144. The van der Waals surface area contributed by atoms with E-state index in [9.17, 15) is 8.78 Å². The molecule has 0 atom stereocenters. The van der Waals surface area contributed by atoms with E-state index in [0.29, 0.717) is 8.96 Å². The first-order chi connectivity index (χ1) is 6.61. The molecule has 0 N–H and O–H groups in total. The minimum absolute atomic E-state index is 0.144. The highest BCUT2D eigenvalue weighted by molar-refractivity contribution is 14.1. The topological polar surface area (TPSA) is 0 Å². The van der Waals surface area contributed by atoms with Gasteiger partial charge in [0, 0.05) is 23.7 Å². The molecule has 0 aliphatic carbocycles. The average molecular weight is 389 g/mol. The van der Waals surface area contributed by atoms with Gasteiger partial charge in [-0.15, -0.1) is 11.3 Å². The van der Waals surface area contributed by atoms with Crippen LogP contribution in [-0.4, -0.2) is 0 Å². The average Bonchev–Trinajstić information content (AvgIpc) is 2.51. The molecule has 1 heterocycles. The summed E-state index contributed by atoms with van der Waals surface area (Å²) in [5, 5.41) is 2.49. The molecule has 2 rings (SSSR count). The molecule has 1 aromatic heterocycles. The van der Waals surface area contributed by atoms with Crippen molar-refractivity contribution in [3.8, 4) is 0 Å². The molecule has 2 aromatic rings. The molecule has 0 unspecified atom stereocenters. The van der Waals surface area contributed by atoms with E-state index >= 15 is 0 Å². The van der Waals surface area contributed by atoms with Crippen LogP contribution < -0.4 is 0 Å². The van der Waals surface area contributed by atoms with Crippen LogP contribution in [0.5, 0.6) is 0 Å². The number of rotatable bonds is 1. The number of fused-ring (bicyclic) bond motifs is 1. The monoisotopic (exact) mass is 388 g/mol. The summed E-state index contributed by atoms with van der Waals surface area (Å²) in [6.07, 6.45) is -2.41. The van der Waals surface area contributed by atoms with Gasteiger partial charge in [-0.2, -0.15) is 0 Å². The van der Waals surface area contributed by atoms with Crippen molar-refractivity contribution >= 4 is 59.9 Å². The van der Waals surface area contributed by atoms with E-state index in [1.54, 1.807) is 12.1 Å². The Balaban J connectivity index is 2.86. The highest BCUT2D eigenvalue weighted by Crippen LogP contribution is 2.38. The van der Waals surface area contributed by atoms with Crippen LogP contribution in [0.1, 0.15) is 12.0 Å². The third-order valence-corrected chi connectivity index (χ3v) is 4.63. The van der Waals surface area contributed by atoms with Gasteiger partial charge in [-0.1, -0.05) is 0 Å². The van der Waals surface area contributed by atoms with E-state index in [0.717, 1.165) is 9.17 Å². The summed E-state index contributed by atoms with van der Waals surface area (Å²) in [6, 6.07) is 3.48. The molecule has 1 aromatic carbocycles. The van der Waals surface area contributed by atoms with Crippen LogP contribution in [0.2, 0.25) is 0 Å². The van der Waals surface area contributed by atoms with E-state index in [2.05, 4.69) is 15.9 Å². The molecule has 0 aliphatic heterocycles. The molecule has 14 heavy (non-hydrogen) atoms. The van der Waals surface area contributed by atoms with Crippen molar-refractivity contribution < 1.29 is 8.78 Å². The van der Waals surface area contributed by atoms with Gasteiger partial charge in [0.25, 0.3) is 6.43 Å². The zero-order chi connectivity index (χ0) is 10.3. The van der Waals surface area contributed by atoms with Crippen molar-refractivity contribution in [2.75, 3.05) is 0 Å². The molecular weight excluding hydrogens is 385 g/mol. The predicted molar refractivity (Wildman–Crippen MR) is 67.2 cm³/mol. The van der Waals surface area contributed by atoms with Crippen molar-refractivity contribution in [3.63, 3.8) is 0 Å². The normalized spacial score (nSPS) is 11.5. The van der Waals surface area contributed by atoms with E-state index in [1.807, 2.05) is 28.0 Å². The Hall–Kier alpha value is 0.250. The number of benzene rings is 1. The van der Waals surface area contributed by atoms with Crippen molar-refractivity contribution in [1.29, 1.82) is 0 Å². The lowest BCUT2D eigenvalue weighted by atomic mass is 10.1. The molecule has 0 saturated carbocycles. The lowest BCUT2D eigenvalue weighted by molar-refractivity contribution is 0.152. The Labute approximate surface area is 106 Å². The molecule has 0 nitrogen and oxygen atoms in total. The minimum atomic E-state index is -2.41. The summed E-state index contributed by atoms with van der Waals surface area (Å²) in [6.45, 7) is 0. The number of alkyl halides is 2. The predicted octanol–water partition coefficient (Wildman–Crippen LogP) is 5.21. The molecule has 74 valence electrons. The largest absolute Gasteiger partial charge is 0.265 e. The van der Waals surface area contributed by atoms with Gasteiger partial charge in [0.05, 0.1) is 0 Å². The summed E-state index contributed by atoms with van der Waals surface area (Å²) < 4.78 is 27.9. The van der Waals surface area contributed by atoms with Crippen LogP contribution in [0.15, 0.2) is 22.0 Å². The molecule has 0 bridgehead atoms. The van der Waals surface area contributed by atoms with Crippen LogP contribution in [-0.2, 0) is 0 Å².